The van der Waals surface area contributed by atoms with Crippen LogP contribution in [-0.2, 0) is 16.0 Å². The zero-order valence-corrected chi connectivity index (χ0v) is 23.5. The summed E-state index contributed by atoms with van der Waals surface area (Å²) in [6.45, 7) is 9.63. The van der Waals surface area contributed by atoms with Gasteiger partial charge in [0.05, 0.1) is 6.10 Å². The highest BCUT2D eigenvalue weighted by Crippen LogP contribution is 2.48. The molecule has 38 heavy (non-hydrogen) atoms. The van der Waals surface area contributed by atoms with E-state index in [9.17, 15) is 14.7 Å². The molecule has 206 valence electrons. The van der Waals surface area contributed by atoms with Gasteiger partial charge < -0.3 is 14.6 Å². The third-order valence-corrected chi connectivity index (χ3v) is 8.73. The zero-order valence-electron chi connectivity index (χ0n) is 23.5. The molecule has 1 saturated heterocycles. The van der Waals surface area contributed by atoms with Gasteiger partial charge in [0.25, 0.3) is 0 Å². The molecule has 1 amide bonds. The van der Waals surface area contributed by atoms with Crippen LogP contribution in [0.15, 0.2) is 18.2 Å². The number of aromatic nitrogens is 3. The molecule has 0 spiro atoms. The summed E-state index contributed by atoms with van der Waals surface area (Å²) in [7, 11) is 0. The first-order valence-electron chi connectivity index (χ1n) is 14.7. The average molecular weight is 521 g/mol. The molecule has 0 bridgehead atoms. The van der Waals surface area contributed by atoms with Crippen LogP contribution in [0.25, 0.3) is 0 Å². The smallest absolute Gasteiger partial charge is 0.223 e. The molecule has 2 atom stereocenters. The van der Waals surface area contributed by atoms with E-state index in [4.69, 9.17) is 10.2 Å². The number of aliphatic hydroxyl groups is 1. The van der Waals surface area contributed by atoms with E-state index < -0.39 is 6.10 Å². The maximum absolute atomic E-state index is 13.4. The Hall–Kier alpha value is -2.54. The van der Waals surface area contributed by atoms with Gasteiger partial charge >= 0.3 is 0 Å². The number of hydrogen-bond donors (Lipinski definition) is 1. The summed E-state index contributed by atoms with van der Waals surface area (Å²) < 4.78 is 2.32. The normalized spacial score (nSPS) is 24.1. The summed E-state index contributed by atoms with van der Waals surface area (Å²) in [6, 6.07) is 6.60. The van der Waals surface area contributed by atoms with Gasteiger partial charge in [0.2, 0.25) is 5.91 Å². The number of rotatable bonds is 11. The highest BCUT2D eigenvalue weighted by Gasteiger charge is 2.40. The van der Waals surface area contributed by atoms with Crippen LogP contribution in [0.1, 0.15) is 111 Å². The van der Waals surface area contributed by atoms with Crippen LogP contribution in [0, 0.1) is 25.7 Å². The zero-order chi connectivity index (χ0) is 27.0. The maximum atomic E-state index is 13.4. The predicted octanol–water partition coefficient (Wildman–Crippen LogP) is 5.04. The van der Waals surface area contributed by atoms with Gasteiger partial charge in [-0.15, -0.1) is 10.2 Å². The number of aliphatic hydroxyl groups excluding tert-OH is 1. The molecule has 1 aromatic heterocycles. The van der Waals surface area contributed by atoms with Gasteiger partial charge in [0.1, 0.15) is 17.4 Å². The lowest BCUT2D eigenvalue weighted by Crippen LogP contribution is -2.32. The van der Waals surface area contributed by atoms with Gasteiger partial charge in [0.15, 0.2) is 0 Å². The fourth-order valence-corrected chi connectivity index (χ4v) is 6.55. The standard InChI is InChI=1S/C31H44N4O3/c1-19(2)11-22-13-24(14-22)30-32-33-31(35(30)26-7-8-26)25(17-29(38)34-10-9-27(36)18-34)16-28(37)15-23-6-5-20(3)12-21(23)4/h5-6,12,19,22,24-27,36H,7-11,13-18H2,1-4H3/t22?,24?,25?,27-/m1/s1. The quantitative estimate of drug-likeness (QED) is 0.449. The Balaban J connectivity index is 1.37. The second-order valence-electron chi connectivity index (χ2n) is 12.7. The minimum absolute atomic E-state index is 0.00148. The number of benzene rings is 1. The topological polar surface area (TPSA) is 88.3 Å². The second-order valence-corrected chi connectivity index (χ2v) is 12.7. The molecule has 2 heterocycles. The molecule has 1 N–H and O–H groups in total. The molecule has 7 heteroatoms. The molecular formula is C31H44N4O3. The van der Waals surface area contributed by atoms with Crippen LogP contribution in [0.2, 0.25) is 0 Å². The minimum atomic E-state index is -0.456. The van der Waals surface area contributed by atoms with Crippen LogP contribution in [0.3, 0.4) is 0 Å². The van der Waals surface area contributed by atoms with Crippen LogP contribution < -0.4 is 0 Å². The van der Waals surface area contributed by atoms with Crippen LogP contribution in [0.5, 0.6) is 0 Å². The second kappa shape index (κ2) is 11.3. The van der Waals surface area contributed by atoms with Crippen molar-refractivity contribution in [1.82, 2.24) is 19.7 Å². The Morgan fingerprint density at radius 3 is 2.47 bits per heavy atom. The molecule has 2 aliphatic carbocycles. The Labute approximate surface area is 227 Å². The van der Waals surface area contributed by atoms with E-state index >= 15 is 0 Å². The van der Waals surface area contributed by atoms with Gasteiger partial charge in [-0.2, -0.15) is 0 Å². The fourth-order valence-electron chi connectivity index (χ4n) is 6.55. The van der Waals surface area contributed by atoms with Gasteiger partial charge in [-0.05, 0) is 75.3 Å². The molecule has 3 fully saturated rings. The van der Waals surface area contributed by atoms with Gasteiger partial charge in [-0.1, -0.05) is 37.6 Å². The number of nitrogens with zero attached hydrogens (tertiary/aromatic N) is 4. The number of likely N-dealkylation sites (tertiary alicyclic amines) is 1. The highest BCUT2D eigenvalue weighted by atomic mass is 16.3. The van der Waals surface area contributed by atoms with Crippen LogP contribution >= 0.6 is 0 Å². The summed E-state index contributed by atoms with van der Waals surface area (Å²) >= 11 is 0. The molecule has 7 nitrogen and oxygen atoms in total. The van der Waals surface area contributed by atoms with E-state index in [2.05, 4.69) is 44.4 Å². The van der Waals surface area contributed by atoms with Gasteiger partial charge in [-0.3, -0.25) is 9.59 Å². The molecule has 1 unspecified atom stereocenters. The summed E-state index contributed by atoms with van der Waals surface area (Å²) in [6.07, 6.45) is 6.82. The molecule has 5 rings (SSSR count). The molecule has 3 aliphatic rings. The number of ketones is 1. The molecule has 1 aliphatic heterocycles. The van der Waals surface area contributed by atoms with E-state index in [1.165, 1.54) is 12.0 Å². The first-order valence-corrected chi connectivity index (χ1v) is 14.7. The Morgan fingerprint density at radius 1 is 1.08 bits per heavy atom. The highest BCUT2D eigenvalue weighted by molar-refractivity contribution is 5.83. The lowest BCUT2D eigenvalue weighted by Gasteiger charge is -2.36. The minimum Gasteiger partial charge on any atom is -0.391 e. The summed E-state index contributed by atoms with van der Waals surface area (Å²) in [5.41, 5.74) is 3.36. The number of Topliss-reactive ketones (excluding diaryl/α,β-unsaturated/α-hetero) is 1. The van der Waals surface area contributed by atoms with Crippen molar-refractivity contribution >= 4 is 11.7 Å². The van der Waals surface area contributed by atoms with Crippen molar-refractivity contribution in [2.45, 2.75) is 109 Å². The van der Waals surface area contributed by atoms with E-state index in [0.717, 1.165) is 54.4 Å². The van der Waals surface area contributed by atoms with Crippen molar-refractivity contribution in [2.75, 3.05) is 13.1 Å². The fraction of sp³-hybridized carbons (Fsp3) is 0.677. The van der Waals surface area contributed by atoms with Crippen molar-refractivity contribution in [1.29, 1.82) is 0 Å². The van der Waals surface area contributed by atoms with Crippen molar-refractivity contribution in [3.05, 3.63) is 46.5 Å². The molecule has 0 radical (unpaired) electrons. The number of β-amino-alcohol motifs (C(OH)–C–C–N with tert-alkyl or cyclic N) is 1. The van der Waals surface area contributed by atoms with Crippen molar-refractivity contribution in [2.24, 2.45) is 11.8 Å². The lowest BCUT2D eigenvalue weighted by atomic mass is 9.71. The van der Waals surface area contributed by atoms with Crippen molar-refractivity contribution < 1.29 is 14.7 Å². The summed E-state index contributed by atoms with van der Waals surface area (Å²) in [5.74, 6) is 3.60. The molecular weight excluding hydrogens is 476 g/mol. The van der Waals surface area contributed by atoms with Crippen LogP contribution in [-0.4, -0.2) is 55.7 Å². The molecule has 2 saturated carbocycles. The van der Waals surface area contributed by atoms with E-state index in [1.807, 2.05) is 6.07 Å². The van der Waals surface area contributed by atoms with Gasteiger partial charge in [0, 0.05) is 50.2 Å². The average Bonchev–Trinajstić information content (AvgIpc) is 3.42. The monoisotopic (exact) mass is 520 g/mol. The predicted molar refractivity (Wildman–Crippen MR) is 147 cm³/mol. The van der Waals surface area contributed by atoms with Gasteiger partial charge in [-0.25, -0.2) is 0 Å². The van der Waals surface area contributed by atoms with E-state index in [-0.39, 0.29) is 30.4 Å². The number of aryl methyl sites for hydroxylation is 2. The number of hydrogen-bond acceptors (Lipinski definition) is 5. The van der Waals surface area contributed by atoms with Crippen LogP contribution in [0.4, 0.5) is 0 Å². The lowest BCUT2D eigenvalue weighted by molar-refractivity contribution is -0.131. The number of carbonyl (C=O) groups excluding carboxylic acids is 2. The summed E-state index contributed by atoms with van der Waals surface area (Å²) in [5, 5.41) is 19.4. The number of amides is 1. The molecule has 1 aromatic carbocycles. The number of carbonyl (C=O) groups is 2. The van der Waals surface area contributed by atoms with Crippen molar-refractivity contribution in [3.8, 4) is 0 Å². The largest absolute Gasteiger partial charge is 0.391 e. The molecule has 2 aromatic rings. The Kier molecular flexibility index (Phi) is 8.03. The van der Waals surface area contributed by atoms with E-state index in [0.29, 0.717) is 43.8 Å². The third kappa shape index (κ3) is 6.19. The van der Waals surface area contributed by atoms with Crippen molar-refractivity contribution in [3.63, 3.8) is 0 Å². The Bertz CT molecular complexity index is 1160. The third-order valence-electron chi connectivity index (χ3n) is 8.73. The Morgan fingerprint density at radius 2 is 1.84 bits per heavy atom. The summed E-state index contributed by atoms with van der Waals surface area (Å²) in [4.78, 5) is 28.5. The van der Waals surface area contributed by atoms with E-state index in [1.54, 1.807) is 4.90 Å². The SMILES string of the molecule is Cc1ccc(CC(=O)CC(CC(=O)N2CC[C@@H](O)C2)c2nnc(C3CC(CC(C)C)C3)n2C2CC2)c(C)c1. The first kappa shape index (κ1) is 27.0. The first-order chi connectivity index (χ1) is 18.2. The maximum Gasteiger partial charge on any atom is 0.223 e.